The van der Waals surface area contributed by atoms with E-state index in [0.29, 0.717) is 11.7 Å². The molecule has 3 heterocycles. The zero-order chi connectivity index (χ0) is 27.7. The Labute approximate surface area is 233 Å². The number of carbonyl (C=O) groups excluding carboxylic acids is 1. The van der Waals surface area contributed by atoms with Gasteiger partial charge >= 0.3 is 0 Å². The lowest BCUT2D eigenvalue weighted by molar-refractivity contribution is -0.116. The molecular formula is C31H32FN5OS. The summed E-state index contributed by atoms with van der Waals surface area (Å²) in [7, 11) is 0. The number of nitrogens with one attached hydrogen (secondary N) is 2. The minimum absolute atomic E-state index is 0.0724. The van der Waals surface area contributed by atoms with Gasteiger partial charge in [0.25, 0.3) is 0 Å². The summed E-state index contributed by atoms with van der Waals surface area (Å²) < 4.78 is 16.2. The van der Waals surface area contributed by atoms with Gasteiger partial charge in [-0.2, -0.15) is 0 Å². The average molecular weight is 542 g/mol. The average Bonchev–Trinajstić information content (AvgIpc) is 3.39. The van der Waals surface area contributed by atoms with E-state index >= 15 is 0 Å². The number of amides is 1. The van der Waals surface area contributed by atoms with E-state index in [9.17, 15) is 9.18 Å². The normalized spacial score (nSPS) is 16.8. The molecule has 1 amide bonds. The summed E-state index contributed by atoms with van der Waals surface area (Å²) in [6, 6.07) is 20.2. The fourth-order valence-corrected chi connectivity index (χ4v) is 5.72. The van der Waals surface area contributed by atoms with Gasteiger partial charge in [0.15, 0.2) is 5.11 Å². The Morgan fingerprint density at radius 1 is 1.05 bits per heavy atom. The number of anilines is 1. The van der Waals surface area contributed by atoms with E-state index in [2.05, 4.69) is 31.2 Å². The van der Waals surface area contributed by atoms with Gasteiger partial charge in [-0.1, -0.05) is 24.3 Å². The standard InChI is InChI=1S/C31H32FN5OS/c1-19-11-12-20(2)27(16-19)34-28(38)13-15-36-30(29(35-31(36)39)26-10-5-6-14-33-26)25-17-21(3)37(22(25)4)24-9-7-8-23(32)18-24/h5-12,14,16-18,29-30H,13,15H2,1-4H3,(H,34,38)(H,35,39)/t29-,30+/m1/s1. The Morgan fingerprint density at radius 2 is 1.87 bits per heavy atom. The zero-order valence-corrected chi connectivity index (χ0v) is 23.3. The highest BCUT2D eigenvalue weighted by Crippen LogP contribution is 2.41. The molecule has 8 heteroatoms. The fourth-order valence-electron chi connectivity index (χ4n) is 5.39. The van der Waals surface area contributed by atoms with Crippen LogP contribution in [0.15, 0.2) is 72.9 Å². The van der Waals surface area contributed by atoms with Crippen molar-refractivity contribution < 1.29 is 9.18 Å². The number of hydrogen-bond acceptors (Lipinski definition) is 3. The first-order chi connectivity index (χ1) is 18.7. The lowest BCUT2D eigenvalue weighted by Gasteiger charge is -2.28. The number of aromatic nitrogens is 2. The van der Waals surface area contributed by atoms with Gasteiger partial charge in [0, 0.05) is 41.9 Å². The smallest absolute Gasteiger partial charge is 0.226 e. The molecule has 1 saturated heterocycles. The Balaban J connectivity index is 1.47. The third kappa shape index (κ3) is 5.43. The van der Waals surface area contributed by atoms with Crippen LogP contribution in [-0.2, 0) is 4.79 Å². The summed E-state index contributed by atoms with van der Waals surface area (Å²) in [5.74, 6) is -0.357. The molecule has 4 aromatic rings. The number of nitrogens with zero attached hydrogens (tertiary/aromatic N) is 3. The molecule has 0 bridgehead atoms. The van der Waals surface area contributed by atoms with Gasteiger partial charge in [-0.25, -0.2) is 4.39 Å². The first-order valence-electron chi connectivity index (χ1n) is 13.0. The van der Waals surface area contributed by atoms with Crippen LogP contribution in [0.2, 0.25) is 0 Å². The monoisotopic (exact) mass is 541 g/mol. The van der Waals surface area contributed by atoms with Crippen LogP contribution >= 0.6 is 12.2 Å². The number of carbonyl (C=O) groups is 1. The Bertz CT molecular complexity index is 1530. The van der Waals surface area contributed by atoms with Crippen molar-refractivity contribution in [1.29, 1.82) is 0 Å². The Morgan fingerprint density at radius 3 is 2.62 bits per heavy atom. The number of thiocarbonyl (C=S) groups is 1. The molecule has 39 heavy (non-hydrogen) atoms. The van der Waals surface area contributed by atoms with Crippen molar-refractivity contribution in [2.45, 2.75) is 46.2 Å². The van der Waals surface area contributed by atoms with Crippen molar-refractivity contribution in [3.05, 3.63) is 113 Å². The number of hydrogen-bond donors (Lipinski definition) is 2. The molecule has 2 aromatic carbocycles. The van der Waals surface area contributed by atoms with Crippen LogP contribution in [0.5, 0.6) is 0 Å². The van der Waals surface area contributed by atoms with Crippen LogP contribution < -0.4 is 10.6 Å². The second kappa shape index (κ2) is 11.0. The predicted molar refractivity (Wildman–Crippen MR) is 157 cm³/mol. The third-order valence-corrected chi connectivity index (χ3v) is 7.65. The predicted octanol–water partition coefficient (Wildman–Crippen LogP) is 6.25. The van der Waals surface area contributed by atoms with Gasteiger partial charge in [0.1, 0.15) is 5.82 Å². The number of rotatable bonds is 7. The molecule has 0 radical (unpaired) electrons. The van der Waals surface area contributed by atoms with E-state index in [0.717, 1.165) is 45.1 Å². The lowest BCUT2D eigenvalue weighted by atomic mass is 9.96. The maximum Gasteiger partial charge on any atom is 0.226 e. The maximum atomic E-state index is 14.1. The van der Waals surface area contributed by atoms with Crippen LogP contribution in [-0.4, -0.2) is 32.0 Å². The summed E-state index contributed by atoms with van der Waals surface area (Å²) in [6.07, 6.45) is 2.04. The summed E-state index contributed by atoms with van der Waals surface area (Å²) in [5.41, 5.74) is 7.58. The molecule has 0 unspecified atom stereocenters. The molecule has 2 N–H and O–H groups in total. The van der Waals surface area contributed by atoms with E-state index in [-0.39, 0.29) is 30.2 Å². The second-order valence-electron chi connectivity index (χ2n) is 10.1. The molecule has 0 aliphatic carbocycles. The van der Waals surface area contributed by atoms with E-state index in [1.807, 2.05) is 70.2 Å². The minimum Gasteiger partial charge on any atom is -0.352 e. The minimum atomic E-state index is -0.284. The summed E-state index contributed by atoms with van der Waals surface area (Å²) in [6.45, 7) is 8.47. The SMILES string of the molecule is Cc1ccc(C)c(NC(=O)CCN2C(=S)N[C@H](c3ccccn3)[C@@H]2c2cc(C)n(-c3cccc(F)c3)c2C)c1. The highest BCUT2D eigenvalue weighted by Gasteiger charge is 2.41. The van der Waals surface area contributed by atoms with Gasteiger partial charge < -0.3 is 20.1 Å². The molecule has 1 fully saturated rings. The topological polar surface area (TPSA) is 62.2 Å². The van der Waals surface area contributed by atoms with Gasteiger partial charge in [0.2, 0.25) is 5.91 Å². The van der Waals surface area contributed by atoms with Crippen molar-refractivity contribution in [3.8, 4) is 5.69 Å². The number of halogens is 1. The van der Waals surface area contributed by atoms with Crippen molar-refractivity contribution in [3.63, 3.8) is 0 Å². The molecule has 2 atom stereocenters. The van der Waals surface area contributed by atoms with Gasteiger partial charge in [0.05, 0.1) is 17.8 Å². The second-order valence-corrected chi connectivity index (χ2v) is 10.5. The maximum absolute atomic E-state index is 14.1. The largest absolute Gasteiger partial charge is 0.352 e. The van der Waals surface area contributed by atoms with Crippen LogP contribution in [0.4, 0.5) is 10.1 Å². The molecule has 2 aromatic heterocycles. The molecule has 0 spiro atoms. The van der Waals surface area contributed by atoms with Crippen molar-refractivity contribution in [2.75, 3.05) is 11.9 Å². The van der Waals surface area contributed by atoms with E-state index < -0.39 is 0 Å². The molecule has 1 aliphatic heterocycles. The van der Waals surface area contributed by atoms with Crippen molar-refractivity contribution in [2.24, 2.45) is 0 Å². The Kier molecular flexibility index (Phi) is 7.48. The first kappa shape index (κ1) is 26.6. The van der Waals surface area contributed by atoms with Crippen LogP contribution in [0.3, 0.4) is 0 Å². The third-order valence-electron chi connectivity index (χ3n) is 7.30. The van der Waals surface area contributed by atoms with Crippen LogP contribution in [0.25, 0.3) is 5.69 Å². The van der Waals surface area contributed by atoms with Crippen molar-refractivity contribution >= 4 is 28.9 Å². The molecule has 0 saturated carbocycles. The molecule has 5 rings (SSSR count). The zero-order valence-electron chi connectivity index (χ0n) is 22.5. The quantitative estimate of drug-likeness (QED) is 0.271. The van der Waals surface area contributed by atoms with E-state index in [1.165, 1.54) is 12.1 Å². The highest BCUT2D eigenvalue weighted by atomic mass is 32.1. The first-order valence-corrected chi connectivity index (χ1v) is 13.4. The van der Waals surface area contributed by atoms with Gasteiger partial charge in [-0.3, -0.25) is 9.78 Å². The number of benzene rings is 2. The summed E-state index contributed by atoms with van der Waals surface area (Å²) in [5, 5.41) is 7.09. The van der Waals surface area contributed by atoms with Gasteiger partial charge in [-0.05, 0) is 99.1 Å². The number of pyridine rings is 1. The molecule has 200 valence electrons. The molecule has 1 aliphatic rings. The van der Waals surface area contributed by atoms with Crippen molar-refractivity contribution in [1.82, 2.24) is 19.8 Å². The van der Waals surface area contributed by atoms with Gasteiger partial charge in [-0.15, -0.1) is 0 Å². The van der Waals surface area contributed by atoms with Crippen LogP contribution in [0.1, 0.15) is 52.3 Å². The summed E-state index contributed by atoms with van der Waals surface area (Å²) >= 11 is 5.81. The van der Waals surface area contributed by atoms with E-state index in [1.54, 1.807) is 12.3 Å². The Hall–Kier alpha value is -4.04. The fraction of sp³-hybridized carbons (Fsp3) is 0.258. The summed E-state index contributed by atoms with van der Waals surface area (Å²) in [4.78, 5) is 19.7. The molecular weight excluding hydrogens is 509 g/mol. The highest BCUT2D eigenvalue weighted by molar-refractivity contribution is 7.80. The lowest BCUT2D eigenvalue weighted by Crippen LogP contribution is -2.33. The molecule has 6 nitrogen and oxygen atoms in total. The number of aryl methyl sites for hydroxylation is 3. The van der Waals surface area contributed by atoms with E-state index in [4.69, 9.17) is 12.2 Å². The van der Waals surface area contributed by atoms with Crippen LogP contribution in [0, 0.1) is 33.5 Å².